The molecule has 0 fully saturated rings. The van der Waals surface area contributed by atoms with Gasteiger partial charge in [0.05, 0.1) is 10.7 Å². The Labute approximate surface area is 145 Å². The van der Waals surface area contributed by atoms with Crippen molar-refractivity contribution in [1.82, 2.24) is 0 Å². The van der Waals surface area contributed by atoms with Gasteiger partial charge in [0.2, 0.25) is 0 Å². The highest BCUT2D eigenvalue weighted by Gasteiger charge is 2.12. The van der Waals surface area contributed by atoms with Crippen molar-refractivity contribution in [2.24, 2.45) is 0 Å². The molecule has 0 bridgehead atoms. The Balaban J connectivity index is 2.32. The molecule has 0 aromatic heterocycles. The number of anilines is 1. The third-order valence-corrected chi connectivity index (χ3v) is 3.84. The Hall–Kier alpha value is -2.28. The van der Waals surface area contributed by atoms with Gasteiger partial charge in [0, 0.05) is 5.02 Å². The van der Waals surface area contributed by atoms with Crippen LogP contribution in [0, 0.1) is 25.2 Å². The first-order valence-corrected chi connectivity index (χ1v) is 7.62. The third-order valence-electron chi connectivity index (χ3n) is 3.28. The minimum Gasteiger partial charge on any atom is -0.320 e. The molecule has 1 amide bonds. The van der Waals surface area contributed by atoms with Crippen molar-refractivity contribution in [3.63, 3.8) is 0 Å². The lowest BCUT2D eigenvalue weighted by atomic mass is 10.0. The lowest BCUT2D eigenvalue weighted by Crippen LogP contribution is -2.13. The zero-order chi connectivity index (χ0) is 17.0. The summed E-state index contributed by atoms with van der Waals surface area (Å²) in [5.74, 6) is -0.530. The highest BCUT2D eigenvalue weighted by Crippen LogP contribution is 2.26. The second kappa shape index (κ2) is 7.32. The predicted molar refractivity (Wildman–Crippen MR) is 94.6 cm³/mol. The van der Waals surface area contributed by atoms with Crippen LogP contribution in [0.1, 0.15) is 16.7 Å². The summed E-state index contributed by atoms with van der Waals surface area (Å²) in [6.45, 7) is 3.88. The van der Waals surface area contributed by atoms with Crippen LogP contribution in [0.15, 0.2) is 42.0 Å². The van der Waals surface area contributed by atoms with Crippen LogP contribution in [0.3, 0.4) is 0 Å². The zero-order valence-corrected chi connectivity index (χ0v) is 14.2. The first-order chi connectivity index (χ1) is 10.9. The number of carbonyl (C=O) groups is 1. The van der Waals surface area contributed by atoms with E-state index in [1.165, 1.54) is 6.07 Å². The van der Waals surface area contributed by atoms with Crippen molar-refractivity contribution >= 4 is 40.9 Å². The van der Waals surface area contributed by atoms with Gasteiger partial charge in [0.15, 0.2) is 0 Å². The summed E-state index contributed by atoms with van der Waals surface area (Å²) in [7, 11) is 0. The molecule has 5 heteroatoms. The van der Waals surface area contributed by atoms with E-state index < -0.39 is 5.91 Å². The molecule has 2 aromatic rings. The average Bonchev–Trinajstić information content (AvgIpc) is 2.51. The molecule has 0 saturated carbocycles. The fourth-order valence-corrected chi connectivity index (χ4v) is 2.34. The number of hydrogen-bond acceptors (Lipinski definition) is 2. The highest BCUT2D eigenvalue weighted by molar-refractivity contribution is 6.36. The minimum atomic E-state index is -0.530. The van der Waals surface area contributed by atoms with E-state index in [2.05, 4.69) is 5.32 Å². The van der Waals surface area contributed by atoms with Crippen LogP contribution in [0.2, 0.25) is 10.0 Å². The van der Waals surface area contributed by atoms with Crippen molar-refractivity contribution < 1.29 is 4.79 Å². The number of nitrogens with zero attached hydrogens (tertiary/aromatic N) is 1. The lowest BCUT2D eigenvalue weighted by molar-refractivity contribution is -0.112. The van der Waals surface area contributed by atoms with Crippen LogP contribution in [0.5, 0.6) is 0 Å². The van der Waals surface area contributed by atoms with E-state index in [0.717, 1.165) is 16.7 Å². The van der Waals surface area contributed by atoms with Gasteiger partial charge in [-0.15, -0.1) is 0 Å². The van der Waals surface area contributed by atoms with Gasteiger partial charge in [-0.3, -0.25) is 4.79 Å². The van der Waals surface area contributed by atoms with Crippen molar-refractivity contribution in [2.45, 2.75) is 13.8 Å². The number of halogens is 2. The van der Waals surface area contributed by atoms with E-state index >= 15 is 0 Å². The van der Waals surface area contributed by atoms with Gasteiger partial charge in [-0.2, -0.15) is 5.26 Å². The molecular weight excluding hydrogens is 331 g/mol. The van der Waals surface area contributed by atoms with Crippen molar-refractivity contribution in [1.29, 1.82) is 5.26 Å². The van der Waals surface area contributed by atoms with Crippen LogP contribution < -0.4 is 5.32 Å². The van der Waals surface area contributed by atoms with Gasteiger partial charge >= 0.3 is 0 Å². The molecule has 116 valence electrons. The smallest absolute Gasteiger partial charge is 0.266 e. The molecular formula is C18H14Cl2N2O. The van der Waals surface area contributed by atoms with Crippen molar-refractivity contribution in [3.05, 3.63) is 68.7 Å². The maximum absolute atomic E-state index is 12.3. The van der Waals surface area contributed by atoms with Gasteiger partial charge < -0.3 is 5.32 Å². The summed E-state index contributed by atoms with van der Waals surface area (Å²) < 4.78 is 0. The first-order valence-electron chi connectivity index (χ1n) is 6.86. The van der Waals surface area contributed by atoms with Crippen LogP contribution >= 0.6 is 23.2 Å². The molecule has 2 aromatic carbocycles. The van der Waals surface area contributed by atoms with Crippen LogP contribution in [-0.2, 0) is 4.79 Å². The van der Waals surface area contributed by atoms with E-state index in [9.17, 15) is 10.1 Å². The van der Waals surface area contributed by atoms with Gasteiger partial charge in [0.25, 0.3) is 5.91 Å². The second-order valence-corrected chi connectivity index (χ2v) is 5.95. The Morgan fingerprint density at radius 2 is 1.91 bits per heavy atom. The topological polar surface area (TPSA) is 52.9 Å². The number of hydrogen-bond donors (Lipinski definition) is 1. The Kier molecular flexibility index (Phi) is 5.44. The maximum atomic E-state index is 12.3. The summed E-state index contributed by atoms with van der Waals surface area (Å²) in [5.41, 5.74) is 3.23. The largest absolute Gasteiger partial charge is 0.320 e. The number of nitriles is 1. The molecule has 0 aliphatic carbocycles. The van der Waals surface area contributed by atoms with Gasteiger partial charge in [-0.1, -0.05) is 47.0 Å². The Morgan fingerprint density at radius 3 is 2.61 bits per heavy atom. The van der Waals surface area contributed by atoms with E-state index in [4.69, 9.17) is 23.2 Å². The Morgan fingerprint density at radius 1 is 1.17 bits per heavy atom. The molecule has 0 radical (unpaired) electrons. The van der Waals surface area contributed by atoms with Crippen LogP contribution in [0.25, 0.3) is 6.08 Å². The maximum Gasteiger partial charge on any atom is 0.266 e. The van der Waals surface area contributed by atoms with E-state index in [0.29, 0.717) is 15.7 Å². The predicted octanol–water partition coefficient (Wildman–Crippen LogP) is 5.16. The van der Waals surface area contributed by atoms with E-state index in [-0.39, 0.29) is 5.57 Å². The number of amides is 1. The SMILES string of the molecule is Cc1ccc(C)c(/C=C(\C#N)C(=O)Nc2cc(Cl)ccc2Cl)c1. The fraction of sp³-hybridized carbons (Fsp3) is 0.111. The fourth-order valence-electron chi connectivity index (χ4n) is 2.00. The molecule has 0 saturated heterocycles. The molecule has 0 unspecified atom stereocenters. The first kappa shape index (κ1) is 17.1. The lowest BCUT2D eigenvalue weighted by Gasteiger charge is -2.08. The third kappa shape index (κ3) is 4.35. The van der Waals surface area contributed by atoms with Crippen LogP contribution in [0.4, 0.5) is 5.69 Å². The minimum absolute atomic E-state index is 0.00487. The molecule has 0 heterocycles. The summed E-state index contributed by atoms with van der Waals surface area (Å²) in [6.07, 6.45) is 1.57. The van der Waals surface area contributed by atoms with Crippen LogP contribution in [-0.4, -0.2) is 5.91 Å². The molecule has 0 aliphatic rings. The summed E-state index contributed by atoms with van der Waals surface area (Å²) in [6, 6.07) is 12.5. The quantitative estimate of drug-likeness (QED) is 0.617. The average molecular weight is 345 g/mol. The van der Waals surface area contributed by atoms with Crippen molar-refractivity contribution in [3.8, 4) is 6.07 Å². The molecule has 0 aliphatic heterocycles. The summed E-state index contributed by atoms with van der Waals surface area (Å²) in [5, 5.41) is 12.7. The van der Waals surface area contributed by atoms with Gasteiger partial charge in [0.1, 0.15) is 11.6 Å². The number of nitrogens with one attached hydrogen (secondary N) is 1. The molecule has 23 heavy (non-hydrogen) atoms. The van der Waals surface area contributed by atoms with E-state index in [1.54, 1.807) is 18.2 Å². The standard InChI is InChI=1S/C18H14Cl2N2O/c1-11-3-4-12(2)13(7-11)8-14(10-21)18(23)22-17-9-15(19)5-6-16(17)20/h3-9H,1-2H3,(H,22,23)/b14-8+. The number of rotatable bonds is 3. The van der Waals surface area contributed by atoms with Gasteiger partial charge in [-0.05, 0) is 49.2 Å². The van der Waals surface area contributed by atoms with Gasteiger partial charge in [-0.25, -0.2) is 0 Å². The van der Waals surface area contributed by atoms with E-state index in [1.807, 2.05) is 38.1 Å². The molecule has 0 atom stereocenters. The monoisotopic (exact) mass is 344 g/mol. The number of benzene rings is 2. The molecule has 2 rings (SSSR count). The molecule has 0 spiro atoms. The molecule has 3 nitrogen and oxygen atoms in total. The normalized spacial score (nSPS) is 11.0. The van der Waals surface area contributed by atoms with Crippen molar-refractivity contribution in [2.75, 3.05) is 5.32 Å². The Bertz CT molecular complexity index is 835. The molecule has 1 N–H and O–H groups in total. The summed E-state index contributed by atoms with van der Waals surface area (Å²) >= 11 is 11.9. The number of carbonyl (C=O) groups excluding carboxylic acids is 1. The second-order valence-electron chi connectivity index (χ2n) is 5.11. The highest BCUT2D eigenvalue weighted by atomic mass is 35.5. The summed E-state index contributed by atoms with van der Waals surface area (Å²) in [4.78, 5) is 12.3. The number of aryl methyl sites for hydroxylation is 2. The zero-order valence-electron chi connectivity index (χ0n) is 12.7.